The number of para-hydroxylation sites is 2. The molecule has 0 saturated carbocycles. The van der Waals surface area contributed by atoms with Crippen LogP contribution >= 0.6 is 0 Å². The first-order valence-electron chi connectivity index (χ1n) is 17.3. The normalized spacial score (nSPS) is 13.3. The number of pyridine rings is 2. The standard InChI is InChI=1S/2C23H14N2O2/c26-22-19-10-4-9-18-17(15-6-5-13-24-14-15)11-12-20(21(18)19)23(27)25(22)16-7-2-1-3-8-16;26-22-18-10-6-9-17-16(20-11-4-5-14-24-20)12-13-19(21(17)18)23(27)25(22)15-7-2-1-3-8-15/h2*1-14H. The van der Waals surface area contributed by atoms with Crippen LogP contribution in [0, 0.1) is 0 Å². The smallest absolute Gasteiger partial charge is 0.265 e. The summed E-state index contributed by atoms with van der Waals surface area (Å²) in [6, 6.07) is 46.2. The molecule has 0 saturated heterocycles. The van der Waals surface area contributed by atoms with Crippen LogP contribution in [0.3, 0.4) is 0 Å². The molecule has 0 N–H and O–H groups in total. The van der Waals surface area contributed by atoms with Crippen molar-refractivity contribution in [3.63, 3.8) is 0 Å². The van der Waals surface area contributed by atoms with Crippen LogP contribution in [0.15, 0.2) is 170 Å². The highest BCUT2D eigenvalue weighted by Crippen LogP contribution is 2.39. The van der Waals surface area contributed by atoms with Crippen LogP contribution < -0.4 is 9.80 Å². The molecule has 6 aromatic carbocycles. The largest absolute Gasteiger partial charge is 0.268 e. The summed E-state index contributed by atoms with van der Waals surface area (Å²) >= 11 is 0. The molecule has 10 rings (SSSR count). The lowest BCUT2D eigenvalue weighted by Gasteiger charge is -2.27. The average molecular weight is 701 g/mol. The molecule has 2 aliphatic rings. The van der Waals surface area contributed by atoms with Crippen molar-refractivity contribution in [2.75, 3.05) is 9.80 Å². The first-order valence-corrected chi connectivity index (χ1v) is 17.3. The van der Waals surface area contributed by atoms with Gasteiger partial charge >= 0.3 is 0 Å². The van der Waals surface area contributed by atoms with Crippen molar-refractivity contribution in [3.8, 4) is 22.4 Å². The number of carbonyl (C=O) groups is 4. The van der Waals surface area contributed by atoms with Crippen LogP contribution in [-0.2, 0) is 0 Å². The summed E-state index contributed by atoms with van der Waals surface area (Å²) in [5.74, 6) is -1.20. The number of nitrogens with zero attached hydrogens (tertiary/aromatic N) is 4. The van der Waals surface area contributed by atoms with Crippen LogP contribution in [0.4, 0.5) is 11.4 Å². The fraction of sp³-hybridized carbons (Fsp3) is 0. The van der Waals surface area contributed by atoms with E-state index >= 15 is 0 Å². The Morgan fingerprint density at radius 2 is 0.852 bits per heavy atom. The number of benzene rings is 6. The van der Waals surface area contributed by atoms with Gasteiger partial charge in [-0.15, -0.1) is 0 Å². The number of hydrogen-bond donors (Lipinski definition) is 0. The Balaban J connectivity index is 0.000000142. The first-order chi connectivity index (χ1) is 26.5. The molecule has 0 fully saturated rings. The van der Waals surface area contributed by atoms with Gasteiger partial charge in [0.25, 0.3) is 23.6 Å². The zero-order valence-corrected chi connectivity index (χ0v) is 28.6. The minimum Gasteiger partial charge on any atom is -0.268 e. The third kappa shape index (κ3) is 5.24. The summed E-state index contributed by atoms with van der Waals surface area (Å²) in [6.07, 6.45) is 5.24. The van der Waals surface area contributed by atoms with E-state index in [4.69, 9.17) is 0 Å². The van der Waals surface area contributed by atoms with Crippen molar-refractivity contribution in [1.29, 1.82) is 0 Å². The Hall–Kier alpha value is -7.58. The fourth-order valence-electron chi connectivity index (χ4n) is 7.33. The first kappa shape index (κ1) is 32.3. The summed E-state index contributed by atoms with van der Waals surface area (Å²) in [5, 5.41) is 3.15. The molecule has 2 aromatic heterocycles. The number of aromatic nitrogens is 2. The number of amides is 4. The van der Waals surface area contributed by atoms with Gasteiger partial charge in [-0.2, -0.15) is 0 Å². The molecule has 0 aliphatic carbocycles. The zero-order chi connectivity index (χ0) is 36.8. The SMILES string of the molecule is O=C1c2cccc3c(-c4ccccn4)ccc(c23)C(=O)N1c1ccccc1.O=C1c2cccc3c(-c4cccnc4)ccc(c23)C(=O)N1c1ccccc1. The predicted octanol–water partition coefficient (Wildman–Crippen LogP) is 9.40. The van der Waals surface area contributed by atoms with E-state index in [9.17, 15) is 19.2 Å². The minimum atomic E-state index is -0.303. The molecule has 8 heteroatoms. The van der Waals surface area contributed by atoms with Crippen LogP contribution in [-0.4, -0.2) is 33.6 Å². The third-order valence-corrected chi connectivity index (χ3v) is 9.76. The van der Waals surface area contributed by atoms with E-state index in [-0.39, 0.29) is 23.6 Å². The molecule has 4 heterocycles. The maximum atomic E-state index is 13.2. The second-order valence-corrected chi connectivity index (χ2v) is 12.8. The second kappa shape index (κ2) is 13.2. The molecule has 0 atom stereocenters. The van der Waals surface area contributed by atoms with Gasteiger partial charge in [0.1, 0.15) is 0 Å². The molecule has 0 bridgehead atoms. The Labute approximate surface area is 309 Å². The van der Waals surface area contributed by atoms with Gasteiger partial charge in [-0.1, -0.05) is 84.9 Å². The Bertz CT molecular complexity index is 2550. The summed E-state index contributed by atoms with van der Waals surface area (Å²) in [7, 11) is 0. The van der Waals surface area contributed by atoms with E-state index < -0.39 is 0 Å². The number of hydrogen-bond acceptors (Lipinski definition) is 6. The molecule has 0 spiro atoms. The van der Waals surface area contributed by atoms with Crippen molar-refractivity contribution in [1.82, 2.24) is 9.97 Å². The Kier molecular flexibility index (Phi) is 7.90. The van der Waals surface area contributed by atoms with E-state index in [1.807, 2.05) is 103 Å². The van der Waals surface area contributed by atoms with Crippen LogP contribution in [0.25, 0.3) is 43.9 Å². The quantitative estimate of drug-likeness (QED) is 0.170. The highest BCUT2D eigenvalue weighted by molar-refractivity contribution is 6.37. The van der Waals surface area contributed by atoms with Gasteiger partial charge in [-0.05, 0) is 83.1 Å². The van der Waals surface area contributed by atoms with E-state index in [1.54, 1.807) is 67.1 Å². The van der Waals surface area contributed by atoms with Gasteiger partial charge in [0.15, 0.2) is 0 Å². The molecule has 8 aromatic rings. The molecule has 256 valence electrons. The summed E-state index contributed by atoms with van der Waals surface area (Å²) in [4.78, 5) is 63.7. The van der Waals surface area contributed by atoms with Crippen LogP contribution in [0.5, 0.6) is 0 Å². The van der Waals surface area contributed by atoms with Crippen molar-refractivity contribution >= 4 is 56.5 Å². The highest BCUT2D eigenvalue weighted by atomic mass is 16.2. The Morgan fingerprint density at radius 3 is 1.35 bits per heavy atom. The van der Waals surface area contributed by atoms with E-state index in [1.165, 1.54) is 9.80 Å². The lowest BCUT2D eigenvalue weighted by molar-refractivity contribution is 0.0877. The molecule has 54 heavy (non-hydrogen) atoms. The number of carbonyl (C=O) groups excluding carboxylic acids is 4. The molecule has 0 radical (unpaired) electrons. The molecular formula is C46H28N4O4. The molecular weight excluding hydrogens is 673 g/mol. The van der Waals surface area contributed by atoms with Crippen molar-refractivity contribution in [2.24, 2.45) is 0 Å². The van der Waals surface area contributed by atoms with Crippen molar-refractivity contribution in [2.45, 2.75) is 0 Å². The zero-order valence-electron chi connectivity index (χ0n) is 28.6. The summed E-state index contributed by atoms with van der Waals surface area (Å²) in [5.41, 5.74) is 6.91. The topological polar surface area (TPSA) is 101 Å². The van der Waals surface area contributed by atoms with E-state index in [0.29, 0.717) is 44.4 Å². The monoisotopic (exact) mass is 700 g/mol. The second-order valence-electron chi connectivity index (χ2n) is 12.8. The highest BCUT2D eigenvalue weighted by Gasteiger charge is 2.36. The lowest BCUT2D eigenvalue weighted by Crippen LogP contribution is -2.40. The van der Waals surface area contributed by atoms with Gasteiger partial charge in [0.05, 0.1) is 17.1 Å². The Morgan fingerprint density at radius 1 is 0.370 bits per heavy atom. The number of anilines is 2. The van der Waals surface area contributed by atoms with Gasteiger partial charge in [0.2, 0.25) is 0 Å². The molecule has 4 amide bonds. The van der Waals surface area contributed by atoms with Gasteiger partial charge in [-0.3, -0.25) is 29.1 Å². The number of imide groups is 2. The van der Waals surface area contributed by atoms with Crippen molar-refractivity contribution < 1.29 is 19.2 Å². The van der Waals surface area contributed by atoms with Crippen LogP contribution in [0.1, 0.15) is 41.4 Å². The van der Waals surface area contributed by atoms with Gasteiger partial charge in [0, 0.05) is 62.7 Å². The molecule has 0 unspecified atom stereocenters. The van der Waals surface area contributed by atoms with E-state index in [2.05, 4.69) is 9.97 Å². The van der Waals surface area contributed by atoms with Gasteiger partial charge in [-0.25, -0.2) is 9.80 Å². The van der Waals surface area contributed by atoms with E-state index in [0.717, 1.165) is 33.2 Å². The lowest BCUT2D eigenvalue weighted by atomic mass is 9.89. The predicted molar refractivity (Wildman–Crippen MR) is 210 cm³/mol. The van der Waals surface area contributed by atoms with Crippen molar-refractivity contribution in [3.05, 3.63) is 193 Å². The maximum Gasteiger partial charge on any atom is 0.265 e. The number of rotatable bonds is 4. The minimum absolute atomic E-state index is 0.298. The fourth-order valence-corrected chi connectivity index (χ4v) is 7.33. The van der Waals surface area contributed by atoms with Crippen LogP contribution in [0.2, 0.25) is 0 Å². The van der Waals surface area contributed by atoms with Gasteiger partial charge < -0.3 is 0 Å². The maximum absolute atomic E-state index is 13.2. The summed E-state index contributed by atoms with van der Waals surface area (Å²) < 4.78 is 0. The summed E-state index contributed by atoms with van der Waals surface area (Å²) in [6.45, 7) is 0. The molecule has 2 aliphatic heterocycles. The molecule has 8 nitrogen and oxygen atoms in total. The third-order valence-electron chi connectivity index (χ3n) is 9.76. The average Bonchev–Trinajstić information content (AvgIpc) is 3.23.